The van der Waals surface area contributed by atoms with Crippen LogP contribution in [0.25, 0.3) is 0 Å². The third-order valence-corrected chi connectivity index (χ3v) is 4.39. The molecule has 0 saturated carbocycles. The van der Waals surface area contributed by atoms with Gasteiger partial charge in [0.25, 0.3) is 0 Å². The molecule has 0 radical (unpaired) electrons. The van der Waals surface area contributed by atoms with Crippen molar-refractivity contribution in [3.8, 4) is 0 Å². The van der Waals surface area contributed by atoms with Gasteiger partial charge in [-0.2, -0.15) is 0 Å². The number of carboxylic acids is 3. The monoisotopic (exact) mass is 378 g/mol. The molecule has 1 aromatic carbocycles. The Morgan fingerprint density at radius 1 is 0.481 bits per heavy atom. The van der Waals surface area contributed by atoms with Gasteiger partial charge in [-0.1, -0.05) is 62.3 Å². The van der Waals surface area contributed by atoms with Crippen LogP contribution < -0.4 is 0 Å². The summed E-state index contributed by atoms with van der Waals surface area (Å²) in [5.41, 5.74) is -2.23. The molecule has 1 rings (SSSR count). The van der Waals surface area contributed by atoms with Crippen molar-refractivity contribution in [2.45, 2.75) is 78.6 Å². The third kappa shape index (κ3) is 4.15. The van der Waals surface area contributed by atoms with Crippen molar-refractivity contribution in [1.82, 2.24) is 0 Å². The lowest BCUT2D eigenvalue weighted by Crippen LogP contribution is -2.35. The highest BCUT2D eigenvalue weighted by molar-refractivity contribution is 6.11. The van der Waals surface area contributed by atoms with Crippen LogP contribution in [0.5, 0.6) is 0 Å². The molecule has 3 N–H and O–H groups in total. The minimum Gasteiger partial charge on any atom is -0.478 e. The molecule has 0 heterocycles. The van der Waals surface area contributed by atoms with E-state index < -0.39 is 50.8 Å². The Kier molecular flexibility index (Phi) is 5.59. The molecule has 0 bridgehead atoms. The van der Waals surface area contributed by atoms with Crippen LogP contribution in [0.2, 0.25) is 0 Å². The molecule has 0 spiro atoms. The fourth-order valence-electron chi connectivity index (χ4n) is 3.64. The van der Waals surface area contributed by atoms with Gasteiger partial charge in [-0.3, -0.25) is 0 Å². The fourth-order valence-corrected chi connectivity index (χ4v) is 3.64. The summed E-state index contributed by atoms with van der Waals surface area (Å²) in [4.78, 5) is 36.3. The van der Waals surface area contributed by atoms with Crippen molar-refractivity contribution >= 4 is 17.9 Å². The van der Waals surface area contributed by atoms with Crippen molar-refractivity contribution < 1.29 is 29.7 Å². The Bertz CT molecular complexity index is 758. The van der Waals surface area contributed by atoms with Crippen molar-refractivity contribution in [3.63, 3.8) is 0 Å². The molecule has 0 aliphatic rings. The first kappa shape index (κ1) is 22.7. The molecule has 0 unspecified atom stereocenters. The number of hydrogen-bond acceptors (Lipinski definition) is 3. The van der Waals surface area contributed by atoms with Crippen molar-refractivity contribution in [1.29, 1.82) is 0 Å². The predicted molar refractivity (Wildman–Crippen MR) is 103 cm³/mol. The molecule has 150 valence electrons. The molecular weight excluding hydrogens is 348 g/mol. The number of carbonyl (C=O) groups is 3. The summed E-state index contributed by atoms with van der Waals surface area (Å²) in [6.45, 7) is 16.5. The molecule has 0 fully saturated rings. The molecular formula is C21H30O6. The third-order valence-electron chi connectivity index (χ3n) is 4.39. The molecule has 0 amide bonds. The van der Waals surface area contributed by atoms with Gasteiger partial charge in [0, 0.05) is 0 Å². The van der Waals surface area contributed by atoms with Gasteiger partial charge < -0.3 is 15.3 Å². The summed E-state index contributed by atoms with van der Waals surface area (Å²) in [6.07, 6.45) is 0. The number of benzene rings is 1. The summed E-state index contributed by atoms with van der Waals surface area (Å²) in [6, 6.07) is 0. The average Bonchev–Trinajstić information content (AvgIpc) is 2.40. The lowest BCUT2D eigenvalue weighted by molar-refractivity contribution is 0.0629. The van der Waals surface area contributed by atoms with Gasteiger partial charge in [-0.15, -0.1) is 0 Å². The standard InChI is InChI=1S/C21H30O6/c1-19(2,3)13-11(17(24)25)10(16(22)23)12(18(26)27)14(20(4,5)6)15(13)21(7,8)9/h1-9H3,(H,22,23)(H,24,25)(H,26,27). The number of carboxylic acid groups (broad SMARTS) is 3. The van der Waals surface area contributed by atoms with Crippen LogP contribution >= 0.6 is 0 Å². The quantitative estimate of drug-likeness (QED) is 0.704. The average molecular weight is 378 g/mol. The van der Waals surface area contributed by atoms with E-state index in [1.807, 2.05) is 62.3 Å². The molecule has 1 aromatic rings. The molecule has 0 aliphatic carbocycles. The van der Waals surface area contributed by atoms with Crippen molar-refractivity contribution in [2.75, 3.05) is 0 Å². The zero-order valence-electron chi connectivity index (χ0n) is 17.6. The summed E-state index contributed by atoms with van der Waals surface area (Å²) >= 11 is 0. The van der Waals surface area contributed by atoms with E-state index >= 15 is 0 Å². The van der Waals surface area contributed by atoms with Gasteiger partial charge in [0.05, 0.1) is 16.7 Å². The lowest BCUT2D eigenvalue weighted by Gasteiger charge is -2.39. The van der Waals surface area contributed by atoms with E-state index in [-0.39, 0.29) is 0 Å². The topological polar surface area (TPSA) is 112 Å². The van der Waals surface area contributed by atoms with E-state index in [0.717, 1.165) is 0 Å². The minimum atomic E-state index is -1.55. The second kappa shape index (κ2) is 6.66. The summed E-state index contributed by atoms with van der Waals surface area (Å²) in [5.74, 6) is -4.43. The van der Waals surface area contributed by atoms with Crippen molar-refractivity contribution in [3.05, 3.63) is 33.4 Å². The van der Waals surface area contributed by atoms with E-state index in [4.69, 9.17) is 0 Å². The van der Waals surface area contributed by atoms with E-state index in [9.17, 15) is 29.7 Å². The Labute approximate surface area is 160 Å². The molecule has 0 aromatic heterocycles. The maximum Gasteiger partial charge on any atom is 0.337 e. The van der Waals surface area contributed by atoms with Crippen LogP contribution in [0.1, 0.15) is 110 Å². The van der Waals surface area contributed by atoms with Gasteiger partial charge in [-0.25, -0.2) is 14.4 Å². The van der Waals surface area contributed by atoms with E-state index in [2.05, 4.69) is 0 Å². The molecule has 6 nitrogen and oxygen atoms in total. The zero-order chi connectivity index (χ0) is 21.7. The summed E-state index contributed by atoms with van der Waals surface area (Å²) in [5, 5.41) is 29.6. The van der Waals surface area contributed by atoms with Crippen LogP contribution in [-0.2, 0) is 16.2 Å². The SMILES string of the molecule is CC(C)(C)c1c(C(=O)O)c(C(=O)O)c(C(=O)O)c(C(C)(C)C)c1C(C)(C)C. The van der Waals surface area contributed by atoms with Crippen LogP contribution in [0.15, 0.2) is 0 Å². The number of aromatic carboxylic acids is 3. The molecule has 0 saturated heterocycles. The van der Waals surface area contributed by atoms with Crippen LogP contribution in [-0.4, -0.2) is 33.2 Å². The molecule has 0 aliphatic heterocycles. The fraction of sp³-hybridized carbons (Fsp3) is 0.571. The second-order valence-corrected chi connectivity index (χ2v) is 9.92. The van der Waals surface area contributed by atoms with Crippen LogP contribution in [0, 0.1) is 0 Å². The van der Waals surface area contributed by atoms with Gasteiger partial charge in [0.1, 0.15) is 0 Å². The smallest absolute Gasteiger partial charge is 0.337 e. The first-order valence-electron chi connectivity index (χ1n) is 8.78. The number of rotatable bonds is 3. The van der Waals surface area contributed by atoms with Gasteiger partial charge >= 0.3 is 17.9 Å². The largest absolute Gasteiger partial charge is 0.478 e. The van der Waals surface area contributed by atoms with Gasteiger partial charge in [0.2, 0.25) is 0 Å². The predicted octanol–water partition coefficient (Wildman–Crippen LogP) is 4.67. The highest BCUT2D eigenvalue weighted by Gasteiger charge is 2.42. The first-order chi connectivity index (χ1) is 11.8. The molecule has 6 heteroatoms. The summed E-state index contributed by atoms with van der Waals surface area (Å²) in [7, 11) is 0. The highest BCUT2D eigenvalue weighted by atomic mass is 16.4. The maximum atomic E-state index is 12.2. The molecule has 0 atom stereocenters. The first-order valence-corrected chi connectivity index (χ1v) is 8.78. The van der Waals surface area contributed by atoms with Gasteiger partial charge in [0.15, 0.2) is 0 Å². The Morgan fingerprint density at radius 2 is 0.704 bits per heavy atom. The van der Waals surface area contributed by atoms with E-state index in [1.165, 1.54) is 0 Å². The Balaban J connectivity index is 4.67. The minimum absolute atomic E-state index is 0.370. The van der Waals surface area contributed by atoms with Gasteiger partial charge in [-0.05, 0) is 32.9 Å². The van der Waals surface area contributed by atoms with E-state index in [1.54, 1.807) is 0 Å². The normalized spacial score (nSPS) is 12.8. The second-order valence-electron chi connectivity index (χ2n) is 9.92. The molecule has 27 heavy (non-hydrogen) atoms. The Hall–Kier alpha value is -2.37. The lowest BCUT2D eigenvalue weighted by atomic mass is 9.64. The highest BCUT2D eigenvalue weighted by Crippen LogP contribution is 2.46. The summed E-state index contributed by atoms with van der Waals surface area (Å²) < 4.78 is 0. The van der Waals surface area contributed by atoms with Crippen LogP contribution in [0.3, 0.4) is 0 Å². The number of hydrogen-bond donors (Lipinski definition) is 3. The van der Waals surface area contributed by atoms with E-state index in [0.29, 0.717) is 16.7 Å². The van der Waals surface area contributed by atoms with Crippen LogP contribution in [0.4, 0.5) is 0 Å². The Morgan fingerprint density at radius 3 is 0.852 bits per heavy atom. The van der Waals surface area contributed by atoms with Crippen molar-refractivity contribution in [2.24, 2.45) is 0 Å². The zero-order valence-corrected chi connectivity index (χ0v) is 17.6. The maximum absolute atomic E-state index is 12.2.